The van der Waals surface area contributed by atoms with Gasteiger partial charge in [-0.15, -0.1) is 0 Å². The molecule has 0 spiro atoms. The number of amides is 1. The number of rotatable bonds is 47. The first-order valence-corrected chi connectivity index (χ1v) is 25.4. The Labute approximate surface area is 355 Å². The summed E-state index contributed by atoms with van der Waals surface area (Å²) in [5.41, 5.74) is 0. The number of unbranched alkanes of at least 4 members (excludes halogenated alkanes) is 34. The maximum atomic E-state index is 12.4. The molecule has 6 nitrogen and oxygen atoms in total. The van der Waals surface area contributed by atoms with Gasteiger partial charge < -0.3 is 20.3 Å². The van der Waals surface area contributed by atoms with Crippen LogP contribution in [0.1, 0.15) is 277 Å². The Morgan fingerprint density at radius 2 is 0.825 bits per heavy atom. The number of ether oxygens (including phenoxy) is 1. The number of aliphatic hydroxyl groups is 2. The summed E-state index contributed by atoms with van der Waals surface area (Å²) in [4.78, 5) is 24.5. The summed E-state index contributed by atoms with van der Waals surface area (Å²) in [5.74, 6) is -0.0843. The molecule has 0 saturated heterocycles. The van der Waals surface area contributed by atoms with E-state index in [0.29, 0.717) is 25.9 Å². The molecule has 0 saturated carbocycles. The summed E-state index contributed by atoms with van der Waals surface area (Å²) < 4.78 is 5.44. The fraction of sp³-hybridized carbons (Fsp3) is 0.922. The molecule has 0 radical (unpaired) electrons. The second-order valence-electron chi connectivity index (χ2n) is 17.5. The number of hydrogen-bond acceptors (Lipinski definition) is 5. The van der Waals surface area contributed by atoms with Crippen LogP contribution in [0.25, 0.3) is 0 Å². The van der Waals surface area contributed by atoms with Crippen molar-refractivity contribution in [3.8, 4) is 0 Å². The van der Waals surface area contributed by atoms with Crippen LogP contribution >= 0.6 is 0 Å². The molecule has 57 heavy (non-hydrogen) atoms. The fourth-order valence-corrected chi connectivity index (χ4v) is 7.87. The molecule has 0 aromatic carbocycles. The Kier molecular flexibility index (Phi) is 46.1. The number of aliphatic hydroxyl groups excluding tert-OH is 2. The van der Waals surface area contributed by atoms with E-state index >= 15 is 0 Å². The van der Waals surface area contributed by atoms with Gasteiger partial charge in [-0.1, -0.05) is 225 Å². The summed E-state index contributed by atoms with van der Waals surface area (Å²) in [7, 11) is 0. The molecule has 6 heteroatoms. The van der Waals surface area contributed by atoms with Crippen molar-refractivity contribution in [2.24, 2.45) is 0 Å². The second-order valence-corrected chi connectivity index (χ2v) is 17.5. The molecule has 0 bridgehead atoms. The SMILES string of the molecule is CCCCCC/C=C\CCCCCCCC(=O)OCCCCCCCCCCCCC(=O)NC(CO)C(O)CCCCCCCCCCCCCCCCCCC. The molecule has 0 aromatic rings. The highest BCUT2D eigenvalue weighted by Crippen LogP contribution is 2.16. The smallest absolute Gasteiger partial charge is 0.305 e. The van der Waals surface area contributed by atoms with Crippen LogP contribution < -0.4 is 5.32 Å². The average Bonchev–Trinajstić information content (AvgIpc) is 3.21. The largest absolute Gasteiger partial charge is 0.466 e. The predicted octanol–water partition coefficient (Wildman–Crippen LogP) is 15.0. The quantitative estimate of drug-likeness (QED) is 0.0323. The third-order valence-corrected chi connectivity index (χ3v) is 11.8. The van der Waals surface area contributed by atoms with Crippen molar-refractivity contribution in [3.63, 3.8) is 0 Å². The van der Waals surface area contributed by atoms with Crippen LogP contribution in [0.15, 0.2) is 12.2 Å². The van der Waals surface area contributed by atoms with E-state index in [1.807, 2.05) is 0 Å². The maximum absolute atomic E-state index is 12.4. The number of esters is 1. The van der Waals surface area contributed by atoms with Gasteiger partial charge in [-0.3, -0.25) is 9.59 Å². The van der Waals surface area contributed by atoms with Gasteiger partial charge in [0.05, 0.1) is 25.4 Å². The minimum Gasteiger partial charge on any atom is -0.466 e. The third-order valence-electron chi connectivity index (χ3n) is 11.8. The van der Waals surface area contributed by atoms with E-state index in [4.69, 9.17) is 4.74 Å². The van der Waals surface area contributed by atoms with Crippen LogP contribution in [0.3, 0.4) is 0 Å². The average molecular weight is 806 g/mol. The first kappa shape index (κ1) is 55.6. The zero-order valence-electron chi connectivity index (χ0n) is 38.3. The summed E-state index contributed by atoms with van der Waals surface area (Å²) in [6, 6.07) is -0.558. The van der Waals surface area contributed by atoms with Crippen LogP contribution in [0, 0.1) is 0 Å². The highest BCUT2D eigenvalue weighted by molar-refractivity contribution is 5.76. The van der Waals surface area contributed by atoms with Gasteiger partial charge in [0.1, 0.15) is 0 Å². The lowest BCUT2D eigenvalue weighted by Crippen LogP contribution is -2.45. The van der Waals surface area contributed by atoms with Gasteiger partial charge in [0.2, 0.25) is 5.91 Å². The number of nitrogens with one attached hydrogen (secondary N) is 1. The lowest BCUT2D eigenvalue weighted by atomic mass is 10.0. The number of carbonyl (C=O) groups excluding carboxylic acids is 2. The fourth-order valence-electron chi connectivity index (χ4n) is 7.87. The van der Waals surface area contributed by atoms with Gasteiger partial charge in [0, 0.05) is 12.8 Å². The molecule has 0 rings (SSSR count). The van der Waals surface area contributed by atoms with Crippen molar-refractivity contribution in [3.05, 3.63) is 12.2 Å². The van der Waals surface area contributed by atoms with E-state index < -0.39 is 12.1 Å². The van der Waals surface area contributed by atoms with Crippen LogP contribution in [0.2, 0.25) is 0 Å². The third kappa shape index (κ3) is 44.0. The van der Waals surface area contributed by atoms with Crippen molar-refractivity contribution < 1.29 is 24.5 Å². The molecule has 0 fully saturated rings. The summed E-state index contributed by atoms with van der Waals surface area (Å²) in [6.45, 7) is 4.89. The molecular weight excluding hydrogens is 707 g/mol. The number of hydrogen-bond donors (Lipinski definition) is 3. The van der Waals surface area contributed by atoms with Gasteiger partial charge >= 0.3 is 5.97 Å². The zero-order valence-corrected chi connectivity index (χ0v) is 38.3. The first-order chi connectivity index (χ1) is 28.0. The minimum absolute atomic E-state index is 0.0276. The van der Waals surface area contributed by atoms with Gasteiger partial charge in [-0.25, -0.2) is 0 Å². The number of carbonyl (C=O) groups is 2. The molecule has 0 aromatic heterocycles. The lowest BCUT2D eigenvalue weighted by Gasteiger charge is -2.22. The summed E-state index contributed by atoms with van der Waals surface area (Å²) >= 11 is 0. The van der Waals surface area contributed by atoms with Crippen molar-refractivity contribution >= 4 is 11.9 Å². The highest BCUT2D eigenvalue weighted by atomic mass is 16.5. The van der Waals surface area contributed by atoms with Crippen LogP contribution in [0.4, 0.5) is 0 Å². The van der Waals surface area contributed by atoms with Gasteiger partial charge in [-0.2, -0.15) is 0 Å². The van der Waals surface area contributed by atoms with Gasteiger partial charge in [-0.05, 0) is 51.4 Å². The highest BCUT2D eigenvalue weighted by Gasteiger charge is 2.20. The number of allylic oxidation sites excluding steroid dienone is 2. The Hall–Kier alpha value is -1.40. The minimum atomic E-state index is -0.678. The molecule has 2 unspecified atom stereocenters. The van der Waals surface area contributed by atoms with E-state index in [1.165, 1.54) is 186 Å². The Bertz CT molecular complexity index is 847. The van der Waals surface area contributed by atoms with E-state index in [9.17, 15) is 19.8 Å². The van der Waals surface area contributed by atoms with E-state index in [0.717, 1.165) is 57.8 Å². The normalized spacial score (nSPS) is 12.7. The predicted molar refractivity (Wildman–Crippen MR) is 246 cm³/mol. The second kappa shape index (κ2) is 47.3. The van der Waals surface area contributed by atoms with Crippen molar-refractivity contribution in [1.82, 2.24) is 5.32 Å². The van der Waals surface area contributed by atoms with Gasteiger partial charge in [0.25, 0.3) is 0 Å². The van der Waals surface area contributed by atoms with E-state index in [-0.39, 0.29) is 18.5 Å². The summed E-state index contributed by atoms with van der Waals surface area (Å²) in [6.07, 6.45) is 53.1. The monoisotopic (exact) mass is 806 g/mol. The Balaban J connectivity index is 3.49. The van der Waals surface area contributed by atoms with Crippen molar-refractivity contribution in [1.29, 1.82) is 0 Å². The Morgan fingerprint density at radius 1 is 0.474 bits per heavy atom. The zero-order chi connectivity index (χ0) is 41.5. The molecular formula is C51H99NO5. The molecule has 0 aliphatic rings. The molecule has 2 atom stereocenters. The van der Waals surface area contributed by atoms with Crippen LogP contribution in [-0.4, -0.2) is 47.4 Å². The van der Waals surface area contributed by atoms with Crippen molar-refractivity contribution in [2.75, 3.05) is 13.2 Å². The van der Waals surface area contributed by atoms with Crippen LogP contribution in [-0.2, 0) is 14.3 Å². The topological polar surface area (TPSA) is 95.9 Å². The van der Waals surface area contributed by atoms with E-state index in [2.05, 4.69) is 31.3 Å². The maximum Gasteiger partial charge on any atom is 0.305 e. The molecule has 0 aliphatic carbocycles. The standard InChI is InChI=1S/C51H99NO5/c1-3-5-7-9-11-13-15-17-18-19-20-22-23-27-31-35-39-43-49(54)48(47-53)52-50(55)44-40-36-32-28-25-26-30-34-38-42-46-57-51(56)45-41-37-33-29-24-21-16-14-12-10-8-6-4-2/h14,16,48-49,53-54H,3-13,15,17-47H2,1-2H3,(H,52,55)/b16-14-. The van der Waals surface area contributed by atoms with Crippen LogP contribution in [0.5, 0.6) is 0 Å². The van der Waals surface area contributed by atoms with E-state index in [1.54, 1.807) is 0 Å². The lowest BCUT2D eigenvalue weighted by molar-refractivity contribution is -0.143. The first-order valence-electron chi connectivity index (χ1n) is 25.4. The summed E-state index contributed by atoms with van der Waals surface area (Å²) in [5, 5.41) is 23.2. The molecule has 0 aliphatic heterocycles. The molecule has 338 valence electrons. The Morgan fingerprint density at radius 3 is 1.26 bits per heavy atom. The molecule has 3 N–H and O–H groups in total. The van der Waals surface area contributed by atoms with Crippen molar-refractivity contribution in [2.45, 2.75) is 289 Å². The van der Waals surface area contributed by atoms with Gasteiger partial charge in [0.15, 0.2) is 0 Å². The molecule has 1 amide bonds. The molecule has 0 heterocycles.